The van der Waals surface area contributed by atoms with Crippen molar-refractivity contribution in [2.75, 3.05) is 7.11 Å². The second-order valence-corrected chi connectivity index (χ2v) is 4.91. The van der Waals surface area contributed by atoms with Crippen molar-refractivity contribution in [1.82, 2.24) is 4.98 Å². The maximum Gasteiger partial charge on any atom is 0.337 e. The summed E-state index contributed by atoms with van der Waals surface area (Å²) in [6.45, 7) is 0. The minimum Gasteiger partial charge on any atom is -0.465 e. The van der Waals surface area contributed by atoms with E-state index in [0.29, 0.717) is 15.9 Å². The van der Waals surface area contributed by atoms with Crippen molar-refractivity contribution in [3.8, 4) is 5.75 Å². The molecule has 0 spiro atoms. The lowest BCUT2D eigenvalue weighted by atomic mass is 10.1. The second-order valence-electron chi connectivity index (χ2n) is 4.16. The van der Waals surface area contributed by atoms with Crippen LogP contribution in [0.15, 0.2) is 53.3 Å². The maximum atomic E-state index is 11.7. The van der Waals surface area contributed by atoms with Gasteiger partial charge in [-0.2, -0.15) is 0 Å². The lowest BCUT2D eigenvalue weighted by Gasteiger charge is -2.02. The number of benzene rings is 1. The molecule has 1 heterocycles. The van der Waals surface area contributed by atoms with Crippen LogP contribution in [0.25, 0.3) is 6.08 Å². The first-order valence-electron chi connectivity index (χ1n) is 6.29. The Morgan fingerprint density at radius 3 is 2.55 bits per heavy atom. The molecule has 0 aliphatic rings. The first kappa shape index (κ1) is 15.9. The number of methoxy groups -OCH3 is 1. The summed E-state index contributed by atoms with van der Waals surface area (Å²) in [5, 5.41) is 0. The summed E-state index contributed by atoms with van der Waals surface area (Å²) >= 11 is 3.19. The predicted octanol–water partition coefficient (Wildman–Crippen LogP) is 3.25. The molecule has 5 nitrogen and oxygen atoms in total. The summed E-state index contributed by atoms with van der Waals surface area (Å²) in [5.41, 5.74) is 1.20. The van der Waals surface area contributed by atoms with E-state index >= 15 is 0 Å². The van der Waals surface area contributed by atoms with Crippen LogP contribution < -0.4 is 4.74 Å². The van der Waals surface area contributed by atoms with E-state index < -0.39 is 11.9 Å². The highest BCUT2D eigenvalue weighted by Crippen LogP contribution is 2.21. The van der Waals surface area contributed by atoms with Crippen molar-refractivity contribution in [2.45, 2.75) is 0 Å². The number of hydrogen-bond acceptors (Lipinski definition) is 5. The number of rotatable bonds is 4. The Morgan fingerprint density at radius 1 is 1.18 bits per heavy atom. The number of halogens is 1. The molecule has 0 radical (unpaired) electrons. The van der Waals surface area contributed by atoms with E-state index in [2.05, 4.69) is 25.7 Å². The van der Waals surface area contributed by atoms with Gasteiger partial charge in [-0.1, -0.05) is 12.1 Å². The SMILES string of the molecule is COC(=O)c1ccc(/C=C/C(=O)Oc2cccnc2Br)cc1. The van der Waals surface area contributed by atoms with E-state index in [1.165, 1.54) is 13.2 Å². The minimum absolute atomic E-state index is 0.346. The Balaban J connectivity index is 2.01. The van der Waals surface area contributed by atoms with Gasteiger partial charge in [-0.15, -0.1) is 0 Å². The van der Waals surface area contributed by atoms with Gasteiger partial charge in [0, 0.05) is 12.3 Å². The van der Waals surface area contributed by atoms with Gasteiger partial charge in [-0.3, -0.25) is 0 Å². The largest absolute Gasteiger partial charge is 0.465 e. The first-order chi connectivity index (χ1) is 10.6. The van der Waals surface area contributed by atoms with Gasteiger partial charge in [0.15, 0.2) is 5.75 Å². The van der Waals surface area contributed by atoms with Crippen LogP contribution in [0.2, 0.25) is 0 Å². The second kappa shape index (κ2) is 7.51. The van der Waals surface area contributed by atoms with Gasteiger partial charge < -0.3 is 9.47 Å². The van der Waals surface area contributed by atoms with Gasteiger partial charge in [-0.25, -0.2) is 14.6 Å². The molecule has 0 amide bonds. The van der Waals surface area contributed by atoms with Crippen LogP contribution in [0.4, 0.5) is 0 Å². The molecule has 22 heavy (non-hydrogen) atoms. The third-order valence-electron chi connectivity index (χ3n) is 2.68. The third-order valence-corrected chi connectivity index (χ3v) is 3.27. The lowest BCUT2D eigenvalue weighted by Crippen LogP contribution is -2.04. The number of hydrogen-bond donors (Lipinski definition) is 0. The molecule has 0 saturated carbocycles. The molecular weight excluding hydrogens is 350 g/mol. The Bertz CT molecular complexity index is 710. The average Bonchev–Trinajstić information content (AvgIpc) is 2.55. The fourth-order valence-electron chi connectivity index (χ4n) is 1.60. The van der Waals surface area contributed by atoms with Crippen molar-refractivity contribution in [1.29, 1.82) is 0 Å². The summed E-state index contributed by atoms with van der Waals surface area (Å²) in [4.78, 5) is 27.0. The Hall–Kier alpha value is -2.47. The molecule has 2 aromatic rings. The van der Waals surface area contributed by atoms with Crippen molar-refractivity contribution < 1.29 is 19.1 Å². The molecule has 0 fully saturated rings. The van der Waals surface area contributed by atoms with Crippen molar-refractivity contribution in [3.05, 3.63) is 64.4 Å². The topological polar surface area (TPSA) is 65.5 Å². The molecular formula is C16H12BrNO4. The van der Waals surface area contributed by atoms with Gasteiger partial charge in [0.25, 0.3) is 0 Å². The molecule has 0 bridgehead atoms. The average molecular weight is 362 g/mol. The quantitative estimate of drug-likeness (QED) is 0.475. The van der Waals surface area contributed by atoms with Crippen LogP contribution in [0, 0.1) is 0 Å². The van der Waals surface area contributed by atoms with Crippen molar-refractivity contribution in [2.24, 2.45) is 0 Å². The smallest absolute Gasteiger partial charge is 0.337 e. The number of aromatic nitrogens is 1. The lowest BCUT2D eigenvalue weighted by molar-refractivity contribution is -0.128. The number of ether oxygens (including phenoxy) is 2. The molecule has 0 unspecified atom stereocenters. The van der Waals surface area contributed by atoms with Crippen LogP contribution in [-0.2, 0) is 9.53 Å². The van der Waals surface area contributed by atoms with E-state index in [0.717, 1.165) is 5.56 Å². The summed E-state index contributed by atoms with van der Waals surface area (Å²) in [6, 6.07) is 9.95. The van der Waals surface area contributed by atoms with Gasteiger partial charge in [0.2, 0.25) is 0 Å². The summed E-state index contributed by atoms with van der Waals surface area (Å²) in [6.07, 6.45) is 4.47. The molecule has 1 aromatic carbocycles. The molecule has 6 heteroatoms. The Morgan fingerprint density at radius 2 is 1.91 bits per heavy atom. The van der Waals surface area contributed by atoms with Crippen LogP contribution in [-0.4, -0.2) is 24.0 Å². The zero-order valence-electron chi connectivity index (χ0n) is 11.7. The highest BCUT2D eigenvalue weighted by atomic mass is 79.9. The molecule has 112 valence electrons. The first-order valence-corrected chi connectivity index (χ1v) is 7.08. The molecule has 0 aliphatic heterocycles. The third kappa shape index (κ3) is 4.26. The van der Waals surface area contributed by atoms with Crippen LogP contribution in [0.3, 0.4) is 0 Å². The highest BCUT2D eigenvalue weighted by molar-refractivity contribution is 9.10. The summed E-state index contributed by atoms with van der Waals surface area (Å²) in [5.74, 6) is -0.583. The zero-order valence-corrected chi connectivity index (χ0v) is 13.2. The molecule has 0 aliphatic carbocycles. The maximum absolute atomic E-state index is 11.7. The Kier molecular flexibility index (Phi) is 5.43. The Labute approximate surface area is 135 Å². The van der Waals surface area contributed by atoms with Crippen molar-refractivity contribution >= 4 is 33.9 Å². The molecule has 0 saturated heterocycles. The van der Waals surface area contributed by atoms with Gasteiger partial charge in [0.05, 0.1) is 12.7 Å². The highest BCUT2D eigenvalue weighted by Gasteiger charge is 2.06. The number of esters is 2. The molecule has 0 N–H and O–H groups in total. The van der Waals surface area contributed by atoms with E-state index in [-0.39, 0.29) is 0 Å². The normalized spacial score (nSPS) is 10.5. The molecule has 2 rings (SSSR count). The minimum atomic E-state index is -0.522. The molecule has 1 aromatic heterocycles. The summed E-state index contributed by atoms with van der Waals surface area (Å²) in [7, 11) is 1.32. The monoisotopic (exact) mass is 361 g/mol. The number of pyridine rings is 1. The van der Waals surface area contributed by atoms with E-state index in [1.54, 1.807) is 48.7 Å². The zero-order chi connectivity index (χ0) is 15.9. The predicted molar refractivity (Wildman–Crippen MR) is 84.4 cm³/mol. The van der Waals surface area contributed by atoms with Crippen LogP contribution in [0.5, 0.6) is 5.75 Å². The van der Waals surface area contributed by atoms with Crippen molar-refractivity contribution in [3.63, 3.8) is 0 Å². The number of carbonyl (C=O) groups is 2. The summed E-state index contributed by atoms with van der Waals surface area (Å²) < 4.78 is 10.2. The van der Waals surface area contributed by atoms with E-state index in [1.807, 2.05) is 0 Å². The van der Waals surface area contributed by atoms with Crippen LogP contribution in [0.1, 0.15) is 15.9 Å². The van der Waals surface area contributed by atoms with Gasteiger partial charge >= 0.3 is 11.9 Å². The number of nitrogens with zero attached hydrogens (tertiary/aromatic N) is 1. The standard InChI is InChI=1S/C16H12BrNO4/c1-21-16(20)12-7-4-11(5-8-12)6-9-14(19)22-13-3-2-10-18-15(13)17/h2-10H,1H3/b9-6+. The molecule has 0 atom stereocenters. The van der Waals surface area contributed by atoms with Gasteiger partial charge in [0.1, 0.15) is 4.60 Å². The fourth-order valence-corrected chi connectivity index (χ4v) is 1.93. The van der Waals surface area contributed by atoms with Gasteiger partial charge in [-0.05, 0) is 51.8 Å². The fraction of sp³-hybridized carbons (Fsp3) is 0.0625. The van der Waals surface area contributed by atoms with Crippen LogP contribution >= 0.6 is 15.9 Å². The van der Waals surface area contributed by atoms with E-state index in [4.69, 9.17) is 4.74 Å². The van der Waals surface area contributed by atoms with E-state index in [9.17, 15) is 9.59 Å². The number of carbonyl (C=O) groups excluding carboxylic acids is 2.